The fourth-order valence-corrected chi connectivity index (χ4v) is 3.28. The number of piperidine rings is 1. The van der Waals surface area contributed by atoms with Crippen molar-refractivity contribution in [2.24, 2.45) is 0 Å². The summed E-state index contributed by atoms with van der Waals surface area (Å²) in [7, 11) is 0. The normalized spacial score (nSPS) is 21.2. The summed E-state index contributed by atoms with van der Waals surface area (Å²) in [5.74, 6) is -0.975. The second-order valence-corrected chi connectivity index (χ2v) is 6.12. The molecule has 3 nitrogen and oxygen atoms in total. The molecule has 2 rings (SSSR count). The van der Waals surface area contributed by atoms with Crippen molar-refractivity contribution in [1.29, 1.82) is 0 Å². The maximum atomic E-state index is 13.4. The molecule has 0 radical (unpaired) electrons. The Hall–Kier alpha value is -1.42. The number of aliphatic carboxylic acids is 1. The van der Waals surface area contributed by atoms with Crippen LogP contribution < -0.4 is 0 Å². The first-order valence-electron chi connectivity index (χ1n) is 7.70. The van der Waals surface area contributed by atoms with Gasteiger partial charge in [0.25, 0.3) is 0 Å². The highest BCUT2D eigenvalue weighted by Crippen LogP contribution is 2.23. The van der Waals surface area contributed by atoms with E-state index < -0.39 is 5.97 Å². The van der Waals surface area contributed by atoms with Gasteiger partial charge in [-0.15, -0.1) is 0 Å². The molecule has 1 fully saturated rings. The lowest BCUT2D eigenvalue weighted by Gasteiger charge is -2.39. The van der Waals surface area contributed by atoms with Crippen LogP contribution in [0.2, 0.25) is 0 Å². The average Bonchev–Trinajstić information content (AvgIpc) is 2.42. The summed E-state index contributed by atoms with van der Waals surface area (Å²) in [5, 5.41) is 9.19. The van der Waals surface area contributed by atoms with Crippen molar-refractivity contribution in [2.45, 2.75) is 58.0 Å². The van der Waals surface area contributed by atoms with Gasteiger partial charge >= 0.3 is 5.97 Å². The molecule has 0 aromatic heterocycles. The van der Waals surface area contributed by atoms with E-state index in [1.165, 1.54) is 12.5 Å². The monoisotopic (exact) mass is 293 g/mol. The van der Waals surface area contributed by atoms with Gasteiger partial charge in [0.05, 0.1) is 6.42 Å². The van der Waals surface area contributed by atoms with E-state index in [1.807, 2.05) is 6.07 Å². The van der Waals surface area contributed by atoms with Crippen LogP contribution in [0.3, 0.4) is 0 Å². The number of hydrogen-bond acceptors (Lipinski definition) is 2. The van der Waals surface area contributed by atoms with E-state index in [-0.39, 0.29) is 18.3 Å². The van der Waals surface area contributed by atoms with E-state index in [1.54, 1.807) is 13.0 Å². The zero-order valence-electron chi connectivity index (χ0n) is 12.8. The number of rotatable bonds is 5. The van der Waals surface area contributed by atoms with Crippen LogP contribution in [-0.2, 0) is 11.2 Å². The Morgan fingerprint density at radius 1 is 1.48 bits per heavy atom. The Labute approximate surface area is 125 Å². The van der Waals surface area contributed by atoms with Crippen molar-refractivity contribution in [2.75, 3.05) is 6.54 Å². The SMILES string of the molecule is Cc1cc(CC(CC(=O)O)N2CCCCC2C)ccc1F. The van der Waals surface area contributed by atoms with Gasteiger partial charge in [0.1, 0.15) is 5.82 Å². The minimum atomic E-state index is -0.767. The smallest absolute Gasteiger partial charge is 0.304 e. The number of hydrogen-bond donors (Lipinski definition) is 1. The largest absolute Gasteiger partial charge is 0.481 e. The molecular formula is C17H24FNO2. The van der Waals surface area contributed by atoms with Crippen LogP contribution in [0.4, 0.5) is 4.39 Å². The van der Waals surface area contributed by atoms with Crippen LogP contribution in [-0.4, -0.2) is 34.6 Å². The van der Waals surface area contributed by atoms with Gasteiger partial charge in [-0.25, -0.2) is 4.39 Å². The lowest BCUT2D eigenvalue weighted by molar-refractivity contribution is -0.138. The fourth-order valence-electron chi connectivity index (χ4n) is 3.28. The second-order valence-electron chi connectivity index (χ2n) is 6.12. The van der Waals surface area contributed by atoms with E-state index in [0.717, 1.165) is 24.9 Å². The third-order valence-electron chi connectivity index (χ3n) is 4.43. The van der Waals surface area contributed by atoms with Crippen LogP contribution in [0.15, 0.2) is 18.2 Å². The van der Waals surface area contributed by atoms with Crippen LogP contribution in [0, 0.1) is 12.7 Å². The highest BCUT2D eigenvalue weighted by atomic mass is 19.1. The summed E-state index contributed by atoms with van der Waals surface area (Å²) in [4.78, 5) is 13.5. The number of carboxylic acid groups (broad SMARTS) is 1. The van der Waals surface area contributed by atoms with Crippen LogP contribution in [0.1, 0.15) is 43.7 Å². The summed E-state index contributed by atoms with van der Waals surface area (Å²) in [6.07, 6.45) is 4.27. The third kappa shape index (κ3) is 4.27. The Kier molecular flexibility index (Phi) is 5.34. The summed E-state index contributed by atoms with van der Waals surface area (Å²) >= 11 is 0. The lowest BCUT2D eigenvalue weighted by Crippen LogP contribution is -2.46. The number of carboxylic acids is 1. The molecule has 0 amide bonds. The Morgan fingerprint density at radius 3 is 2.86 bits per heavy atom. The first-order chi connectivity index (χ1) is 9.97. The van der Waals surface area contributed by atoms with E-state index in [0.29, 0.717) is 18.0 Å². The van der Waals surface area contributed by atoms with Crippen LogP contribution in [0.25, 0.3) is 0 Å². The van der Waals surface area contributed by atoms with Crippen molar-refractivity contribution in [3.8, 4) is 0 Å². The van der Waals surface area contributed by atoms with Gasteiger partial charge in [-0.2, -0.15) is 0 Å². The molecule has 1 saturated heterocycles. The molecular weight excluding hydrogens is 269 g/mol. The molecule has 1 heterocycles. The summed E-state index contributed by atoms with van der Waals surface area (Å²) < 4.78 is 13.4. The number of aryl methyl sites for hydroxylation is 1. The zero-order valence-corrected chi connectivity index (χ0v) is 12.8. The first kappa shape index (κ1) is 16.0. The molecule has 0 saturated carbocycles. The number of carbonyl (C=O) groups is 1. The fraction of sp³-hybridized carbons (Fsp3) is 0.588. The van der Waals surface area contributed by atoms with Crippen molar-refractivity contribution < 1.29 is 14.3 Å². The van der Waals surface area contributed by atoms with Gasteiger partial charge in [-0.1, -0.05) is 18.6 Å². The minimum Gasteiger partial charge on any atom is -0.481 e. The van der Waals surface area contributed by atoms with Gasteiger partial charge in [0.15, 0.2) is 0 Å². The minimum absolute atomic E-state index is 0.0114. The van der Waals surface area contributed by atoms with Crippen molar-refractivity contribution >= 4 is 5.97 Å². The molecule has 0 spiro atoms. The maximum absolute atomic E-state index is 13.4. The molecule has 1 aromatic carbocycles. The molecule has 4 heteroatoms. The molecule has 116 valence electrons. The van der Waals surface area contributed by atoms with Crippen molar-refractivity contribution in [1.82, 2.24) is 4.90 Å². The molecule has 2 unspecified atom stereocenters. The molecule has 0 bridgehead atoms. The van der Waals surface area contributed by atoms with Crippen LogP contribution in [0.5, 0.6) is 0 Å². The predicted molar refractivity (Wildman–Crippen MR) is 80.9 cm³/mol. The number of nitrogens with zero attached hydrogens (tertiary/aromatic N) is 1. The van der Waals surface area contributed by atoms with Gasteiger partial charge in [0.2, 0.25) is 0 Å². The van der Waals surface area contributed by atoms with Gasteiger partial charge < -0.3 is 5.11 Å². The maximum Gasteiger partial charge on any atom is 0.304 e. The number of halogens is 1. The zero-order chi connectivity index (χ0) is 15.4. The first-order valence-corrected chi connectivity index (χ1v) is 7.70. The van der Waals surface area contributed by atoms with E-state index in [9.17, 15) is 14.3 Å². The predicted octanol–water partition coefficient (Wildman–Crippen LogP) is 3.39. The van der Waals surface area contributed by atoms with Gasteiger partial charge in [-0.3, -0.25) is 9.69 Å². The number of likely N-dealkylation sites (tertiary alicyclic amines) is 1. The van der Waals surface area contributed by atoms with Gasteiger partial charge in [0, 0.05) is 12.1 Å². The highest BCUT2D eigenvalue weighted by molar-refractivity contribution is 5.67. The Balaban J connectivity index is 2.15. The summed E-state index contributed by atoms with van der Waals surface area (Å²) in [5.41, 5.74) is 1.63. The van der Waals surface area contributed by atoms with E-state index in [2.05, 4.69) is 11.8 Å². The molecule has 1 aromatic rings. The molecule has 21 heavy (non-hydrogen) atoms. The topological polar surface area (TPSA) is 40.5 Å². The molecule has 1 aliphatic heterocycles. The standard InChI is InChI=1S/C17H24FNO2/c1-12-9-14(6-7-16(12)18)10-15(11-17(20)21)19-8-4-3-5-13(19)2/h6-7,9,13,15H,3-5,8,10-11H2,1-2H3,(H,20,21). The lowest BCUT2D eigenvalue weighted by atomic mass is 9.95. The van der Waals surface area contributed by atoms with Crippen molar-refractivity contribution in [3.63, 3.8) is 0 Å². The van der Waals surface area contributed by atoms with E-state index >= 15 is 0 Å². The molecule has 1 N–H and O–H groups in total. The quantitative estimate of drug-likeness (QED) is 0.904. The third-order valence-corrected chi connectivity index (χ3v) is 4.43. The van der Waals surface area contributed by atoms with Crippen LogP contribution >= 0.6 is 0 Å². The summed E-state index contributed by atoms with van der Waals surface area (Å²) in [6.45, 7) is 4.87. The average molecular weight is 293 g/mol. The Morgan fingerprint density at radius 2 is 2.24 bits per heavy atom. The highest BCUT2D eigenvalue weighted by Gasteiger charge is 2.27. The Bertz CT molecular complexity index is 504. The van der Waals surface area contributed by atoms with Crippen molar-refractivity contribution in [3.05, 3.63) is 35.1 Å². The number of benzene rings is 1. The molecule has 0 aliphatic carbocycles. The van der Waals surface area contributed by atoms with Gasteiger partial charge in [-0.05, 0) is 56.8 Å². The second kappa shape index (κ2) is 7.03. The molecule has 2 atom stereocenters. The molecule has 1 aliphatic rings. The van der Waals surface area contributed by atoms with E-state index in [4.69, 9.17) is 0 Å². The summed E-state index contributed by atoms with van der Waals surface area (Å²) in [6, 6.07) is 5.49.